The number of H-pyrrole nitrogens is 1. The topological polar surface area (TPSA) is 101 Å². The molecule has 1 aliphatic rings. The lowest BCUT2D eigenvalue weighted by Crippen LogP contribution is -2.38. The van der Waals surface area contributed by atoms with Gasteiger partial charge in [-0.2, -0.15) is 5.10 Å². The third-order valence-electron chi connectivity index (χ3n) is 5.32. The fourth-order valence-corrected chi connectivity index (χ4v) is 3.81. The van der Waals surface area contributed by atoms with Gasteiger partial charge in [-0.25, -0.2) is 19.2 Å². The summed E-state index contributed by atoms with van der Waals surface area (Å²) in [7, 11) is 0. The van der Waals surface area contributed by atoms with Crippen LogP contribution in [0.5, 0.6) is 0 Å². The molecule has 0 unspecified atom stereocenters. The molecule has 9 nitrogen and oxygen atoms in total. The first-order valence-corrected chi connectivity index (χ1v) is 9.91. The largest absolute Gasteiger partial charge is 0.336 e. The van der Waals surface area contributed by atoms with Gasteiger partial charge in [0, 0.05) is 43.9 Å². The molecular formula is C21H21N7O2. The second-order valence-electron chi connectivity index (χ2n) is 7.48. The summed E-state index contributed by atoms with van der Waals surface area (Å²) < 4.78 is 3.18. The van der Waals surface area contributed by atoms with Crippen LogP contribution in [-0.4, -0.2) is 53.3 Å². The number of fused-ring (bicyclic) bond motifs is 2. The summed E-state index contributed by atoms with van der Waals surface area (Å²) in [5.74, 6) is 1.33. The van der Waals surface area contributed by atoms with E-state index in [1.165, 1.54) is 10.7 Å². The summed E-state index contributed by atoms with van der Waals surface area (Å²) in [6.45, 7) is 3.33. The van der Waals surface area contributed by atoms with Crippen LogP contribution in [0, 0.1) is 6.92 Å². The predicted molar refractivity (Wildman–Crippen MR) is 109 cm³/mol. The second kappa shape index (κ2) is 7.25. The molecular weight excluding hydrogens is 382 g/mol. The summed E-state index contributed by atoms with van der Waals surface area (Å²) >= 11 is 0. The number of benzene rings is 1. The molecule has 0 saturated heterocycles. The van der Waals surface area contributed by atoms with Gasteiger partial charge in [-0.1, -0.05) is 30.3 Å². The first-order valence-electron chi connectivity index (χ1n) is 9.91. The fourth-order valence-electron chi connectivity index (χ4n) is 3.81. The van der Waals surface area contributed by atoms with E-state index in [0.717, 1.165) is 22.9 Å². The van der Waals surface area contributed by atoms with Crippen molar-refractivity contribution in [3.63, 3.8) is 0 Å². The van der Waals surface area contributed by atoms with Crippen LogP contribution in [0.1, 0.15) is 33.3 Å². The van der Waals surface area contributed by atoms with Crippen LogP contribution in [0.2, 0.25) is 0 Å². The van der Waals surface area contributed by atoms with E-state index in [4.69, 9.17) is 0 Å². The van der Waals surface area contributed by atoms with Crippen LogP contribution in [0.4, 0.5) is 0 Å². The number of amides is 1. The second-order valence-corrected chi connectivity index (χ2v) is 7.48. The predicted octanol–water partition coefficient (Wildman–Crippen LogP) is 1.21. The molecule has 1 aliphatic heterocycles. The zero-order chi connectivity index (χ0) is 20.7. The van der Waals surface area contributed by atoms with Gasteiger partial charge in [0.25, 0.3) is 11.5 Å². The van der Waals surface area contributed by atoms with E-state index in [9.17, 15) is 9.59 Å². The monoisotopic (exact) mass is 403 g/mol. The molecule has 4 aromatic rings. The molecule has 4 heterocycles. The zero-order valence-electron chi connectivity index (χ0n) is 16.6. The van der Waals surface area contributed by atoms with E-state index in [-0.39, 0.29) is 17.0 Å². The lowest BCUT2D eigenvalue weighted by atomic mass is 10.1. The summed E-state index contributed by atoms with van der Waals surface area (Å²) in [6, 6.07) is 11.9. The highest BCUT2D eigenvalue weighted by Crippen LogP contribution is 2.12. The van der Waals surface area contributed by atoms with E-state index >= 15 is 0 Å². The Morgan fingerprint density at radius 3 is 2.83 bits per heavy atom. The Labute approximate surface area is 172 Å². The number of carbonyl (C=O) groups is 1. The van der Waals surface area contributed by atoms with Crippen LogP contribution in [0.15, 0.2) is 47.4 Å². The smallest absolute Gasteiger partial charge is 0.285 e. The quantitative estimate of drug-likeness (QED) is 0.554. The van der Waals surface area contributed by atoms with Gasteiger partial charge in [0.05, 0.1) is 6.54 Å². The highest BCUT2D eigenvalue weighted by atomic mass is 16.2. The van der Waals surface area contributed by atoms with E-state index in [1.807, 2.05) is 29.8 Å². The SMILES string of the molecule is Cc1cc2ncc(C(=O)N3CCc4nc(Cc5ccccc5)nn4CC3)c(=O)n2[nH]1. The highest BCUT2D eigenvalue weighted by Gasteiger charge is 2.24. The molecule has 5 rings (SSSR count). The minimum Gasteiger partial charge on any atom is -0.336 e. The van der Waals surface area contributed by atoms with E-state index in [2.05, 4.69) is 32.3 Å². The highest BCUT2D eigenvalue weighted by molar-refractivity contribution is 5.93. The average molecular weight is 403 g/mol. The van der Waals surface area contributed by atoms with Crippen LogP contribution in [0.25, 0.3) is 5.65 Å². The first-order chi connectivity index (χ1) is 14.6. The molecule has 0 fully saturated rings. The Morgan fingerprint density at radius 1 is 1.17 bits per heavy atom. The van der Waals surface area contributed by atoms with Crippen LogP contribution >= 0.6 is 0 Å². The molecule has 0 bridgehead atoms. The lowest BCUT2D eigenvalue weighted by Gasteiger charge is -2.19. The maximum absolute atomic E-state index is 13.0. The van der Waals surface area contributed by atoms with Gasteiger partial charge in [0.2, 0.25) is 0 Å². The van der Waals surface area contributed by atoms with Gasteiger partial charge >= 0.3 is 0 Å². The Bertz CT molecular complexity index is 1260. The normalized spacial score (nSPS) is 14.0. The number of nitrogens with one attached hydrogen (secondary N) is 1. The van der Waals surface area contributed by atoms with Gasteiger partial charge in [0.15, 0.2) is 11.5 Å². The summed E-state index contributed by atoms with van der Waals surface area (Å²) in [4.78, 5) is 36.3. The molecule has 1 N–H and O–H groups in total. The maximum atomic E-state index is 13.0. The first kappa shape index (κ1) is 18.3. The summed E-state index contributed by atoms with van der Waals surface area (Å²) in [6.07, 6.45) is 2.64. The van der Waals surface area contributed by atoms with Crippen molar-refractivity contribution in [3.8, 4) is 0 Å². The average Bonchev–Trinajstić information content (AvgIpc) is 3.25. The Morgan fingerprint density at radius 2 is 2.00 bits per heavy atom. The number of hydrogen-bond donors (Lipinski definition) is 1. The van der Waals surface area contributed by atoms with E-state index in [0.29, 0.717) is 38.1 Å². The van der Waals surface area contributed by atoms with Crippen LogP contribution in [0.3, 0.4) is 0 Å². The number of aryl methyl sites for hydroxylation is 1. The molecule has 0 aliphatic carbocycles. The number of hydrogen-bond acceptors (Lipinski definition) is 5. The molecule has 1 aromatic carbocycles. The third kappa shape index (κ3) is 3.28. The van der Waals surface area contributed by atoms with E-state index in [1.54, 1.807) is 11.0 Å². The van der Waals surface area contributed by atoms with Crippen molar-refractivity contribution in [2.75, 3.05) is 13.1 Å². The molecule has 0 spiro atoms. The van der Waals surface area contributed by atoms with Gasteiger partial charge < -0.3 is 4.90 Å². The molecule has 0 atom stereocenters. The Kier molecular flexibility index (Phi) is 4.42. The Hall–Kier alpha value is -3.75. The molecule has 1 amide bonds. The molecule has 152 valence electrons. The standard InChI is InChI=1S/C21H21N7O2/c1-14-11-19-22-13-16(21(30)28(19)24-14)20(29)26-8-7-18-23-17(25-27(18)10-9-26)12-15-5-3-2-4-6-15/h2-6,11,13,24H,7-10,12H2,1H3. The van der Waals surface area contributed by atoms with Crippen LogP contribution < -0.4 is 5.56 Å². The van der Waals surface area contributed by atoms with Crippen molar-refractivity contribution in [2.45, 2.75) is 26.3 Å². The van der Waals surface area contributed by atoms with Gasteiger partial charge in [-0.15, -0.1) is 0 Å². The Balaban J connectivity index is 1.33. The molecule has 0 saturated carbocycles. The van der Waals surface area contributed by atoms with Gasteiger partial charge in [0.1, 0.15) is 11.4 Å². The number of carbonyl (C=O) groups excluding carboxylic acids is 1. The minimum atomic E-state index is -0.386. The molecule has 3 aromatic heterocycles. The third-order valence-corrected chi connectivity index (χ3v) is 5.32. The number of nitrogens with zero attached hydrogens (tertiary/aromatic N) is 6. The molecule has 0 radical (unpaired) electrons. The van der Waals surface area contributed by atoms with E-state index < -0.39 is 0 Å². The number of aromatic nitrogens is 6. The summed E-state index contributed by atoms with van der Waals surface area (Å²) in [5.41, 5.74) is 2.15. The fraction of sp³-hybridized carbons (Fsp3) is 0.286. The van der Waals surface area contributed by atoms with Gasteiger partial charge in [-0.05, 0) is 12.5 Å². The minimum absolute atomic E-state index is 0.0617. The molecule has 30 heavy (non-hydrogen) atoms. The van der Waals surface area contributed by atoms with Crippen molar-refractivity contribution < 1.29 is 4.79 Å². The van der Waals surface area contributed by atoms with Crippen LogP contribution in [-0.2, 0) is 19.4 Å². The van der Waals surface area contributed by atoms with Crippen molar-refractivity contribution in [1.82, 2.24) is 34.3 Å². The van der Waals surface area contributed by atoms with Gasteiger partial charge in [-0.3, -0.25) is 14.7 Å². The van der Waals surface area contributed by atoms with Crippen molar-refractivity contribution in [3.05, 3.63) is 81.4 Å². The zero-order valence-corrected chi connectivity index (χ0v) is 16.6. The van der Waals surface area contributed by atoms with Crippen molar-refractivity contribution in [2.24, 2.45) is 0 Å². The maximum Gasteiger partial charge on any atom is 0.285 e. The number of aromatic amines is 1. The molecule has 9 heteroatoms. The van der Waals surface area contributed by atoms with Crippen molar-refractivity contribution >= 4 is 11.6 Å². The summed E-state index contributed by atoms with van der Waals surface area (Å²) in [5, 5.41) is 7.54. The van der Waals surface area contributed by atoms with Crippen molar-refractivity contribution in [1.29, 1.82) is 0 Å². The lowest BCUT2D eigenvalue weighted by molar-refractivity contribution is 0.0755. The number of rotatable bonds is 3.